The van der Waals surface area contributed by atoms with Crippen molar-refractivity contribution in [1.82, 2.24) is 5.43 Å². The summed E-state index contributed by atoms with van der Waals surface area (Å²) in [4.78, 5) is 24.2. The number of rotatable bonds is 4. The van der Waals surface area contributed by atoms with E-state index in [1.54, 1.807) is 18.3 Å². The molecule has 1 rings (SSSR count). The van der Waals surface area contributed by atoms with E-state index in [9.17, 15) is 9.59 Å². The number of aryl methyl sites for hydroxylation is 1. The first kappa shape index (κ1) is 13.4. The van der Waals surface area contributed by atoms with Gasteiger partial charge in [0.1, 0.15) is 0 Å². The molecule has 0 aliphatic rings. The zero-order chi connectivity index (χ0) is 12.7. The summed E-state index contributed by atoms with van der Waals surface area (Å²) in [6, 6.07) is 3.91. The van der Waals surface area contributed by atoms with Gasteiger partial charge in [-0.15, -0.1) is 11.3 Å². The second-order valence-electron chi connectivity index (χ2n) is 3.08. The third kappa shape index (κ3) is 4.36. The van der Waals surface area contributed by atoms with E-state index in [0.29, 0.717) is 0 Å². The van der Waals surface area contributed by atoms with Gasteiger partial charge >= 0.3 is 11.9 Å². The number of carbonyl (C=O) groups is 2. The maximum Gasteiger partial charge on any atom is 0.398 e. The smallest absolute Gasteiger partial charge is 0.398 e. The van der Waals surface area contributed by atoms with Crippen LogP contribution in [0, 0.1) is 0 Å². The third-order valence-corrected chi connectivity index (χ3v) is 3.01. The Labute approximate surface area is 103 Å². The molecule has 92 valence electrons. The molecule has 0 atom stereocenters. The lowest BCUT2D eigenvalue weighted by molar-refractivity contribution is -0.154. The quantitative estimate of drug-likeness (QED) is 0.381. The van der Waals surface area contributed by atoms with Gasteiger partial charge in [0, 0.05) is 9.75 Å². The van der Waals surface area contributed by atoms with E-state index in [0.717, 1.165) is 11.3 Å². The normalized spacial score (nSPS) is 10.5. The maximum atomic E-state index is 11.1. The largest absolute Gasteiger partial charge is 0.459 e. The van der Waals surface area contributed by atoms with Crippen LogP contribution in [0.1, 0.15) is 23.6 Å². The molecule has 1 aromatic heterocycles. The molecule has 0 bridgehead atoms. The average Bonchev–Trinajstić information content (AvgIpc) is 2.77. The minimum absolute atomic E-state index is 0.167. The van der Waals surface area contributed by atoms with Crippen molar-refractivity contribution in [3.05, 3.63) is 21.9 Å². The number of carbonyl (C=O) groups excluding carboxylic acids is 2. The van der Waals surface area contributed by atoms with Gasteiger partial charge in [-0.2, -0.15) is 5.10 Å². The molecule has 1 amide bonds. The summed E-state index contributed by atoms with van der Waals surface area (Å²) < 4.78 is 4.51. The van der Waals surface area contributed by atoms with Crippen LogP contribution in [-0.2, 0) is 20.7 Å². The molecule has 5 nitrogen and oxygen atoms in total. The molecule has 1 N–H and O–H groups in total. The van der Waals surface area contributed by atoms with Crippen molar-refractivity contribution in [3.8, 4) is 0 Å². The number of hydrogen-bond donors (Lipinski definition) is 1. The summed E-state index contributed by atoms with van der Waals surface area (Å²) in [5, 5.41) is 3.68. The van der Waals surface area contributed by atoms with Crippen molar-refractivity contribution in [2.75, 3.05) is 6.61 Å². The van der Waals surface area contributed by atoms with Crippen LogP contribution in [0.5, 0.6) is 0 Å². The molecule has 0 spiro atoms. The maximum absolute atomic E-state index is 11.1. The molecule has 1 heterocycles. The molecule has 0 saturated heterocycles. The Morgan fingerprint density at radius 1 is 1.47 bits per heavy atom. The average molecular weight is 254 g/mol. The Morgan fingerprint density at radius 3 is 2.82 bits per heavy atom. The minimum atomic E-state index is -0.926. The van der Waals surface area contributed by atoms with Crippen LogP contribution >= 0.6 is 11.3 Å². The highest BCUT2D eigenvalue weighted by atomic mass is 32.1. The van der Waals surface area contributed by atoms with Crippen LogP contribution in [0.15, 0.2) is 17.2 Å². The summed E-state index contributed by atoms with van der Waals surface area (Å²) in [6.07, 6.45) is 2.47. The first-order valence-electron chi connectivity index (χ1n) is 5.26. The SMILES string of the molecule is CCOC(=O)C(=O)N/N=C/c1ccc(CC)s1. The number of nitrogens with one attached hydrogen (secondary N) is 1. The van der Waals surface area contributed by atoms with Crippen LogP contribution < -0.4 is 5.43 Å². The molecule has 0 aliphatic heterocycles. The monoisotopic (exact) mass is 254 g/mol. The van der Waals surface area contributed by atoms with E-state index < -0.39 is 11.9 Å². The summed E-state index contributed by atoms with van der Waals surface area (Å²) in [6.45, 7) is 3.86. The van der Waals surface area contributed by atoms with Crippen molar-refractivity contribution < 1.29 is 14.3 Å². The van der Waals surface area contributed by atoms with Gasteiger partial charge in [-0.1, -0.05) is 6.92 Å². The number of hydrogen-bond acceptors (Lipinski definition) is 5. The van der Waals surface area contributed by atoms with Crippen molar-refractivity contribution in [2.24, 2.45) is 5.10 Å². The van der Waals surface area contributed by atoms with E-state index in [2.05, 4.69) is 22.2 Å². The Bertz CT molecular complexity index is 426. The lowest BCUT2D eigenvalue weighted by Gasteiger charge is -1.98. The number of esters is 1. The fourth-order valence-corrected chi connectivity index (χ4v) is 1.88. The van der Waals surface area contributed by atoms with Crippen LogP contribution in [0.25, 0.3) is 0 Å². The van der Waals surface area contributed by atoms with Crippen LogP contribution in [0.2, 0.25) is 0 Å². The predicted molar refractivity (Wildman–Crippen MR) is 66.1 cm³/mol. The molecule has 17 heavy (non-hydrogen) atoms. The van der Waals surface area contributed by atoms with Crippen molar-refractivity contribution in [3.63, 3.8) is 0 Å². The highest BCUT2D eigenvalue weighted by Gasteiger charge is 2.12. The van der Waals surface area contributed by atoms with Gasteiger partial charge < -0.3 is 4.74 Å². The number of amides is 1. The molecule has 0 unspecified atom stereocenters. The number of ether oxygens (including phenoxy) is 1. The second kappa shape index (κ2) is 6.80. The molecular weight excluding hydrogens is 240 g/mol. The van der Waals surface area contributed by atoms with E-state index in [-0.39, 0.29) is 6.61 Å². The standard InChI is InChI=1S/C11H14N2O3S/c1-3-8-5-6-9(17-8)7-12-13-10(14)11(15)16-4-2/h5-7H,3-4H2,1-2H3,(H,13,14)/b12-7+. The molecule has 0 saturated carbocycles. The van der Waals surface area contributed by atoms with Crippen LogP contribution in [0.3, 0.4) is 0 Å². The van der Waals surface area contributed by atoms with Crippen LogP contribution in [-0.4, -0.2) is 24.7 Å². The van der Waals surface area contributed by atoms with Gasteiger partial charge in [0.15, 0.2) is 0 Å². The molecule has 1 aromatic rings. The number of thiophene rings is 1. The molecule has 0 fully saturated rings. The lowest BCUT2D eigenvalue weighted by atomic mass is 10.4. The van der Waals surface area contributed by atoms with E-state index >= 15 is 0 Å². The van der Waals surface area contributed by atoms with E-state index in [1.165, 1.54) is 11.1 Å². The third-order valence-electron chi connectivity index (χ3n) is 1.85. The van der Waals surface area contributed by atoms with Crippen molar-refractivity contribution in [2.45, 2.75) is 20.3 Å². The van der Waals surface area contributed by atoms with Crippen molar-refractivity contribution >= 4 is 29.4 Å². The minimum Gasteiger partial charge on any atom is -0.459 e. The molecule has 0 radical (unpaired) electrons. The zero-order valence-corrected chi connectivity index (χ0v) is 10.5. The fourth-order valence-electron chi connectivity index (χ4n) is 1.05. The molecular formula is C11H14N2O3S. The highest BCUT2D eigenvalue weighted by Crippen LogP contribution is 2.14. The first-order valence-corrected chi connectivity index (χ1v) is 6.07. The topological polar surface area (TPSA) is 67.8 Å². The summed E-state index contributed by atoms with van der Waals surface area (Å²) in [5.74, 6) is -1.79. The molecule has 6 heteroatoms. The van der Waals surface area contributed by atoms with Gasteiger partial charge in [-0.3, -0.25) is 4.79 Å². The van der Waals surface area contributed by atoms with Gasteiger partial charge in [0.05, 0.1) is 12.8 Å². The summed E-state index contributed by atoms with van der Waals surface area (Å²) in [5.41, 5.74) is 2.11. The molecule has 0 aliphatic carbocycles. The van der Waals surface area contributed by atoms with Gasteiger partial charge in [-0.25, -0.2) is 10.2 Å². The Morgan fingerprint density at radius 2 is 2.24 bits per heavy atom. The fraction of sp³-hybridized carbons (Fsp3) is 0.364. The van der Waals surface area contributed by atoms with Gasteiger partial charge in [-0.05, 0) is 25.5 Å². The Balaban J connectivity index is 2.44. The highest BCUT2D eigenvalue weighted by molar-refractivity contribution is 7.13. The number of nitrogens with zero attached hydrogens (tertiary/aromatic N) is 1. The van der Waals surface area contributed by atoms with E-state index in [4.69, 9.17) is 0 Å². The summed E-state index contributed by atoms with van der Waals surface area (Å²) in [7, 11) is 0. The molecule has 0 aromatic carbocycles. The summed E-state index contributed by atoms with van der Waals surface area (Å²) >= 11 is 1.59. The van der Waals surface area contributed by atoms with E-state index in [1.807, 2.05) is 12.1 Å². The predicted octanol–water partition coefficient (Wildman–Crippen LogP) is 1.32. The Kier molecular flexibility index (Phi) is 5.35. The van der Waals surface area contributed by atoms with Gasteiger partial charge in [0.25, 0.3) is 0 Å². The zero-order valence-electron chi connectivity index (χ0n) is 9.73. The van der Waals surface area contributed by atoms with Crippen molar-refractivity contribution in [1.29, 1.82) is 0 Å². The Hall–Kier alpha value is -1.69. The van der Waals surface area contributed by atoms with Gasteiger partial charge in [0.2, 0.25) is 0 Å². The number of hydrazone groups is 1. The van der Waals surface area contributed by atoms with Crippen LogP contribution in [0.4, 0.5) is 0 Å². The second-order valence-corrected chi connectivity index (χ2v) is 4.28. The lowest BCUT2D eigenvalue weighted by Crippen LogP contribution is -2.28. The first-order chi connectivity index (χ1) is 8.17.